The van der Waals surface area contributed by atoms with Crippen LogP contribution in [0.1, 0.15) is 59.3 Å². The lowest BCUT2D eigenvalue weighted by Gasteiger charge is -2.37. The number of hydrogen-bond donors (Lipinski definition) is 1. The lowest BCUT2D eigenvalue weighted by atomic mass is 9.91. The fourth-order valence-electron chi connectivity index (χ4n) is 2.47. The Bertz CT molecular complexity index is 332. The summed E-state index contributed by atoms with van der Waals surface area (Å²) in [6.07, 6.45) is 1.01. The molecular formula is C15H27F2NO3. The Labute approximate surface area is 125 Å². The number of hydrogen-bond acceptors (Lipinski definition) is 3. The van der Waals surface area contributed by atoms with Crippen LogP contribution in [0.25, 0.3) is 0 Å². The molecule has 6 heteroatoms. The van der Waals surface area contributed by atoms with Gasteiger partial charge in [-0.05, 0) is 46.5 Å². The zero-order valence-electron chi connectivity index (χ0n) is 13.2. The number of unbranched alkanes of at least 4 members (excludes halogenated alkanes) is 1. The Balaban J connectivity index is 2.66. The van der Waals surface area contributed by atoms with Gasteiger partial charge in [0.25, 0.3) is 0 Å². The average Bonchev–Trinajstić information content (AvgIpc) is 2.33. The lowest BCUT2D eigenvalue weighted by Crippen LogP contribution is -2.46. The monoisotopic (exact) mass is 307 g/mol. The first-order valence-electron chi connectivity index (χ1n) is 7.63. The van der Waals surface area contributed by atoms with Crippen LogP contribution in [-0.4, -0.2) is 46.8 Å². The number of aliphatic hydroxyl groups excluding tert-OH is 1. The molecule has 0 aromatic rings. The standard InChI is InChI=1S/C15H27F2NO3/c1-14(2,3)21-13(20)18(10-4-5-11-19)12-6-8-15(16,17)9-7-12/h12,19H,4-11H2,1-3H3. The minimum absolute atomic E-state index is 0.0604. The van der Waals surface area contributed by atoms with Gasteiger partial charge in [-0.3, -0.25) is 0 Å². The van der Waals surface area contributed by atoms with Crippen molar-refractivity contribution in [3.63, 3.8) is 0 Å². The van der Waals surface area contributed by atoms with E-state index in [1.807, 2.05) is 0 Å². The van der Waals surface area contributed by atoms with E-state index in [2.05, 4.69) is 0 Å². The highest BCUT2D eigenvalue weighted by molar-refractivity contribution is 5.68. The summed E-state index contributed by atoms with van der Waals surface area (Å²) in [5.74, 6) is -2.61. The summed E-state index contributed by atoms with van der Waals surface area (Å²) in [5, 5.41) is 8.85. The van der Waals surface area contributed by atoms with E-state index in [9.17, 15) is 13.6 Å². The largest absolute Gasteiger partial charge is 0.444 e. The van der Waals surface area contributed by atoms with Crippen molar-refractivity contribution in [3.8, 4) is 0 Å². The van der Waals surface area contributed by atoms with Gasteiger partial charge in [0.1, 0.15) is 5.60 Å². The van der Waals surface area contributed by atoms with Crippen molar-refractivity contribution in [3.05, 3.63) is 0 Å². The molecule has 4 nitrogen and oxygen atoms in total. The first kappa shape index (κ1) is 18.1. The van der Waals surface area contributed by atoms with Gasteiger partial charge in [-0.1, -0.05) is 0 Å². The summed E-state index contributed by atoms with van der Waals surface area (Å²) in [4.78, 5) is 13.8. The molecule has 0 saturated heterocycles. The highest BCUT2D eigenvalue weighted by atomic mass is 19.3. The zero-order chi connectivity index (χ0) is 16.1. The lowest BCUT2D eigenvalue weighted by molar-refractivity contribution is -0.0572. The number of carbonyl (C=O) groups is 1. The second kappa shape index (κ2) is 7.38. The van der Waals surface area contributed by atoms with Gasteiger partial charge in [0.05, 0.1) is 0 Å². The van der Waals surface area contributed by atoms with E-state index >= 15 is 0 Å². The van der Waals surface area contributed by atoms with Crippen molar-refractivity contribution >= 4 is 6.09 Å². The Kier molecular flexibility index (Phi) is 6.38. The number of halogens is 2. The van der Waals surface area contributed by atoms with E-state index in [-0.39, 0.29) is 25.5 Å². The predicted molar refractivity (Wildman–Crippen MR) is 76.5 cm³/mol. The molecule has 124 valence electrons. The Morgan fingerprint density at radius 2 is 1.86 bits per heavy atom. The van der Waals surface area contributed by atoms with Crippen LogP contribution in [0, 0.1) is 0 Å². The molecule has 21 heavy (non-hydrogen) atoms. The summed E-state index contributed by atoms with van der Waals surface area (Å²) in [5.41, 5.74) is -0.606. The molecule has 0 radical (unpaired) electrons. The molecule has 1 rings (SSSR count). The highest BCUT2D eigenvalue weighted by Gasteiger charge is 2.38. The molecule has 0 unspecified atom stereocenters. The van der Waals surface area contributed by atoms with Crippen LogP contribution in [0.15, 0.2) is 0 Å². The number of rotatable bonds is 5. The van der Waals surface area contributed by atoms with Crippen molar-refractivity contribution in [2.24, 2.45) is 0 Å². The van der Waals surface area contributed by atoms with Gasteiger partial charge in [-0.25, -0.2) is 13.6 Å². The van der Waals surface area contributed by atoms with Gasteiger partial charge in [0.15, 0.2) is 0 Å². The van der Waals surface area contributed by atoms with Gasteiger partial charge in [0.2, 0.25) is 5.92 Å². The number of aliphatic hydroxyl groups is 1. The van der Waals surface area contributed by atoms with Crippen LogP contribution in [0.2, 0.25) is 0 Å². The fourth-order valence-corrected chi connectivity index (χ4v) is 2.47. The molecule has 1 aliphatic carbocycles. The van der Waals surface area contributed by atoms with Gasteiger partial charge < -0.3 is 14.7 Å². The van der Waals surface area contributed by atoms with Crippen molar-refractivity contribution in [2.45, 2.75) is 76.9 Å². The van der Waals surface area contributed by atoms with Crippen molar-refractivity contribution in [1.29, 1.82) is 0 Å². The van der Waals surface area contributed by atoms with E-state index in [0.29, 0.717) is 32.2 Å². The van der Waals surface area contributed by atoms with E-state index in [0.717, 1.165) is 0 Å². The average molecular weight is 307 g/mol. The summed E-state index contributed by atoms with van der Waals surface area (Å²) in [7, 11) is 0. The number of alkyl halides is 2. The second-order valence-electron chi connectivity index (χ2n) is 6.69. The Hall–Kier alpha value is -0.910. The van der Waals surface area contributed by atoms with E-state index in [1.54, 1.807) is 25.7 Å². The van der Waals surface area contributed by atoms with Crippen LogP contribution in [0.5, 0.6) is 0 Å². The molecule has 1 amide bonds. The van der Waals surface area contributed by atoms with Gasteiger partial charge in [-0.15, -0.1) is 0 Å². The SMILES string of the molecule is CC(C)(C)OC(=O)N(CCCCO)C1CCC(F)(F)CC1. The number of amides is 1. The van der Waals surface area contributed by atoms with Crippen molar-refractivity contribution < 1.29 is 23.4 Å². The van der Waals surface area contributed by atoms with E-state index in [4.69, 9.17) is 9.84 Å². The third-order valence-electron chi connectivity index (χ3n) is 3.56. The van der Waals surface area contributed by atoms with Crippen molar-refractivity contribution in [1.82, 2.24) is 4.90 Å². The molecule has 0 aromatic carbocycles. The minimum Gasteiger partial charge on any atom is -0.444 e. The fraction of sp³-hybridized carbons (Fsp3) is 0.933. The smallest absolute Gasteiger partial charge is 0.410 e. The van der Waals surface area contributed by atoms with Crippen LogP contribution >= 0.6 is 0 Å². The number of carbonyl (C=O) groups excluding carboxylic acids is 1. The molecule has 0 aliphatic heterocycles. The summed E-state index contributed by atoms with van der Waals surface area (Å²) < 4.78 is 31.9. The molecule has 1 N–H and O–H groups in total. The van der Waals surface area contributed by atoms with E-state index in [1.165, 1.54) is 0 Å². The minimum atomic E-state index is -2.61. The molecule has 1 fully saturated rings. The van der Waals surface area contributed by atoms with Crippen LogP contribution in [0.4, 0.5) is 13.6 Å². The van der Waals surface area contributed by atoms with Crippen molar-refractivity contribution in [2.75, 3.05) is 13.2 Å². The molecule has 0 heterocycles. The third-order valence-corrected chi connectivity index (χ3v) is 3.56. The van der Waals surface area contributed by atoms with Crippen LogP contribution < -0.4 is 0 Å². The summed E-state index contributed by atoms with van der Waals surface area (Å²) in [6, 6.07) is -0.196. The highest BCUT2D eigenvalue weighted by Crippen LogP contribution is 2.35. The van der Waals surface area contributed by atoms with Gasteiger partial charge in [-0.2, -0.15) is 0 Å². The molecular weight excluding hydrogens is 280 g/mol. The quantitative estimate of drug-likeness (QED) is 0.790. The first-order valence-corrected chi connectivity index (χ1v) is 7.63. The third kappa shape index (κ3) is 6.59. The second-order valence-corrected chi connectivity index (χ2v) is 6.69. The maximum absolute atomic E-state index is 13.3. The Morgan fingerprint density at radius 1 is 1.29 bits per heavy atom. The molecule has 0 bridgehead atoms. The summed E-state index contributed by atoms with van der Waals surface area (Å²) in [6.45, 7) is 5.85. The molecule has 1 aliphatic rings. The Morgan fingerprint density at radius 3 is 2.33 bits per heavy atom. The zero-order valence-corrected chi connectivity index (χ0v) is 13.2. The molecule has 0 atom stereocenters. The van der Waals surface area contributed by atoms with Gasteiger partial charge >= 0.3 is 6.09 Å². The van der Waals surface area contributed by atoms with Crippen LogP contribution in [-0.2, 0) is 4.74 Å². The molecule has 0 aromatic heterocycles. The van der Waals surface area contributed by atoms with E-state index < -0.39 is 17.6 Å². The number of nitrogens with zero attached hydrogens (tertiary/aromatic N) is 1. The first-order chi connectivity index (χ1) is 9.64. The van der Waals surface area contributed by atoms with Gasteiger partial charge in [0, 0.05) is 32.0 Å². The number of ether oxygens (including phenoxy) is 1. The normalized spacial score (nSPS) is 19.3. The predicted octanol–water partition coefficient (Wildman–Crippen LogP) is 3.57. The maximum Gasteiger partial charge on any atom is 0.410 e. The topological polar surface area (TPSA) is 49.8 Å². The molecule has 1 saturated carbocycles. The summed E-state index contributed by atoms with van der Waals surface area (Å²) >= 11 is 0. The maximum atomic E-state index is 13.3. The van der Waals surface area contributed by atoms with Crippen LogP contribution in [0.3, 0.4) is 0 Å². The molecule has 0 spiro atoms.